The Labute approximate surface area is 263 Å². The topological polar surface area (TPSA) is 184 Å². The SMILES string of the molecule is Cc1ncsc1-c1ccc(CNC(=O)[C@@H]2C[C@@H](O)CN2C(=O)[C@@H](NC(=O)CCOCCN)C(C)(C)C)cc1.O=C(O)C(F)(F)F. The third-order valence-electron chi connectivity index (χ3n) is 6.69. The number of aliphatic hydroxyl groups excluding tert-OH is 1. The number of ether oxygens (including phenoxy) is 1. The molecule has 2 heterocycles. The van der Waals surface area contributed by atoms with E-state index in [-0.39, 0.29) is 44.4 Å². The predicted octanol–water partition coefficient (Wildman–Crippen LogP) is 2.23. The van der Waals surface area contributed by atoms with Crippen LogP contribution in [0, 0.1) is 12.3 Å². The molecule has 1 fully saturated rings. The summed E-state index contributed by atoms with van der Waals surface area (Å²) in [7, 11) is 0. The lowest BCUT2D eigenvalue weighted by Crippen LogP contribution is -2.57. The second kappa shape index (κ2) is 16.6. The molecule has 1 aromatic carbocycles. The number of β-amino-alcohol motifs (C(OH)–C–C–N with tert-alkyl or cyclic N) is 1. The number of nitrogens with two attached hydrogens (primary N) is 1. The summed E-state index contributed by atoms with van der Waals surface area (Å²) >= 11 is 1.58. The van der Waals surface area contributed by atoms with Gasteiger partial charge in [0.25, 0.3) is 0 Å². The molecule has 2 aromatic rings. The Morgan fingerprint density at radius 3 is 2.29 bits per heavy atom. The maximum Gasteiger partial charge on any atom is 0.490 e. The lowest BCUT2D eigenvalue weighted by Gasteiger charge is -2.35. The fourth-order valence-electron chi connectivity index (χ4n) is 4.36. The molecule has 16 heteroatoms. The molecule has 0 saturated carbocycles. The largest absolute Gasteiger partial charge is 0.490 e. The zero-order valence-corrected chi connectivity index (χ0v) is 26.3. The van der Waals surface area contributed by atoms with Gasteiger partial charge in [-0.25, -0.2) is 9.78 Å². The summed E-state index contributed by atoms with van der Waals surface area (Å²) in [6.45, 7) is 8.75. The van der Waals surface area contributed by atoms with Crippen LogP contribution in [0.2, 0.25) is 0 Å². The molecule has 0 radical (unpaired) electrons. The van der Waals surface area contributed by atoms with Gasteiger partial charge in [-0.15, -0.1) is 11.3 Å². The Kier molecular flexibility index (Phi) is 13.9. The number of carboxylic acids is 1. The van der Waals surface area contributed by atoms with Crippen molar-refractivity contribution in [2.75, 3.05) is 26.3 Å². The maximum atomic E-state index is 13.6. The highest BCUT2D eigenvalue weighted by molar-refractivity contribution is 7.13. The number of aliphatic carboxylic acids is 1. The van der Waals surface area contributed by atoms with Gasteiger partial charge in [-0.05, 0) is 23.5 Å². The van der Waals surface area contributed by atoms with Crippen LogP contribution in [0.4, 0.5) is 13.2 Å². The lowest BCUT2D eigenvalue weighted by atomic mass is 9.85. The van der Waals surface area contributed by atoms with Gasteiger partial charge < -0.3 is 36.2 Å². The summed E-state index contributed by atoms with van der Waals surface area (Å²) in [6, 6.07) is 6.19. The highest BCUT2D eigenvalue weighted by Crippen LogP contribution is 2.28. The standard InChI is InChI=1S/C27H39N5O5S.C2HF3O2/c1-17-23(38-16-30-17)19-7-5-18(6-8-19)14-29-25(35)21-13-20(33)15-32(21)26(36)24(27(2,3)4)31-22(34)9-11-37-12-10-28;3-2(4,5)1(6)7/h5-8,16,20-21,24,33H,9-15,28H2,1-4H3,(H,29,35)(H,31,34);(H,6,7)/t20-,21+,24-;/m1./s1. The van der Waals surface area contributed by atoms with Crippen LogP contribution in [0.25, 0.3) is 10.4 Å². The number of nitrogens with one attached hydrogen (secondary N) is 2. The van der Waals surface area contributed by atoms with Crippen molar-refractivity contribution in [3.63, 3.8) is 0 Å². The molecule has 0 bridgehead atoms. The molecule has 1 aliphatic rings. The van der Waals surface area contributed by atoms with Crippen molar-refractivity contribution in [1.29, 1.82) is 0 Å². The first-order valence-corrected chi connectivity index (χ1v) is 15.0. The monoisotopic (exact) mass is 659 g/mol. The van der Waals surface area contributed by atoms with Gasteiger partial charge in [0.05, 0.1) is 35.4 Å². The van der Waals surface area contributed by atoms with Crippen molar-refractivity contribution < 1.29 is 47.3 Å². The Hall–Kier alpha value is -3.60. The molecule has 12 nitrogen and oxygen atoms in total. The van der Waals surface area contributed by atoms with E-state index in [9.17, 15) is 32.7 Å². The van der Waals surface area contributed by atoms with Crippen molar-refractivity contribution >= 4 is 35.0 Å². The van der Waals surface area contributed by atoms with Crippen LogP contribution in [0.1, 0.15) is 44.9 Å². The summed E-state index contributed by atoms with van der Waals surface area (Å²) in [5, 5.41) is 23.2. The summed E-state index contributed by atoms with van der Waals surface area (Å²) in [5.74, 6) is -3.82. The van der Waals surface area contributed by atoms with E-state index >= 15 is 0 Å². The van der Waals surface area contributed by atoms with Crippen LogP contribution >= 0.6 is 11.3 Å². The molecule has 0 spiro atoms. The van der Waals surface area contributed by atoms with Gasteiger partial charge in [0.2, 0.25) is 17.7 Å². The van der Waals surface area contributed by atoms with Gasteiger partial charge in [-0.2, -0.15) is 13.2 Å². The van der Waals surface area contributed by atoms with Crippen LogP contribution in [-0.2, 0) is 30.5 Å². The molecule has 3 atom stereocenters. The highest BCUT2D eigenvalue weighted by atomic mass is 32.1. The number of aliphatic hydroxyl groups is 1. The Bertz CT molecular complexity index is 1300. The molecular formula is C29H40F3N5O7S. The number of hydrogen-bond donors (Lipinski definition) is 5. The number of carbonyl (C=O) groups excluding carboxylic acids is 3. The van der Waals surface area contributed by atoms with Crippen LogP contribution in [0.3, 0.4) is 0 Å². The van der Waals surface area contributed by atoms with Gasteiger partial charge in [-0.3, -0.25) is 14.4 Å². The van der Waals surface area contributed by atoms with Crippen molar-refractivity contribution in [3.8, 4) is 10.4 Å². The van der Waals surface area contributed by atoms with E-state index in [1.807, 2.05) is 57.5 Å². The second-order valence-corrected chi connectivity index (χ2v) is 12.3. The van der Waals surface area contributed by atoms with Crippen LogP contribution in [0.15, 0.2) is 29.8 Å². The summed E-state index contributed by atoms with van der Waals surface area (Å²) in [4.78, 5) is 54.9. The fourth-order valence-corrected chi connectivity index (χ4v) is 5.18. The first-order valence-electron chi connectivity index (χ1n) is 14.1. The van der Waals surface area contributed by atoms with E-state index in [2.05, 4.69) is 15.6 Å². The summed E-state index contributed by atoms with van der Waals surface area (Å²) in [5.41, 5.74) is 9.55. The average Bonchev–Trinajstić information content (AvgIpc) is 3.57. The zero-order chi connectivity index (χ0) is 33.9. The van der Waals surface area contributed by atoms with E-state index in [0.717, 1.165) is 21.7 Å². The molecule has 0 aliphatic carbocycles. The third kappa shape index (κ3) is 11.7. The summed E-state index contributed by atoms with van der Waals surface area (Å²) < 4.78 is 37.0. The Morgan fingerprint density at radius 2 is 1.78 bits per heavy atom. The zero-order valence-electron chi connectivity index (χ0n) is 25.5. The molecule has 45 heavy (non-hydrogen) atoms. The van der Waals surface area contributed by atoms with Gasteiger partial charge in [0.15, 0.2) is 0 Å². The average molecular weight is 660 g/mol. The van der Waals surface area contributed by atoms with Crippen LogP contribution in [0.5, 0.6) is 0 Å². The van der Waals surface area contributed by atoms with Crippen LogP contribution < -0.4 is 16.4 Å². The number of carbonyl (C=O) groups is 4. The highest BCUT2D eigenvalue weighted by Gasteiger charge is 2.44. The molecule has 0 unspecified atom stereocenters. The first kappa shape index (κ1) is 37.6. The number of benzene rings is 1. The molecule has 250 valence electrons. The van der Waals surface area contributed by atoms with Gasteiger partial charge >= 0.3 is 12.1 Å². The van der Waals surface area contributed by atoms with E-state index in [4.69, 9.17) is 20.4 Å². The number of carboxylic acid groups (broad SMARTS) is 1. The summed E-state index contributed by atoms with van der Waals surface area (Å²) in [6.07, 6.45) is -5.68. The molecule has 3 amide bonds. The minimum Gasteiger partial charge on any atom is -0.475 e. The Balaban J connectivity index is 0.000000900. The van der Waals surface area contributed by atoms with Crippen molar-refractivity contribution in [1.82, 2.24) is 20.5 Å². The smallest absolute Gasteiger partial charge is 0.475 e. The minimum atomic E-state index is -5.08. The molecule has 1 aromatic heterocycles. The van der Waals surface area contributed by atoms with Gasteiger partial charge in [0, 0.05) is 32.5 Å². The van der Waals surface area contributed by atoms with Crippen molar-refractivity contribution in [2.45, 2.75) is 71.4 Å². The number of halogens is 3. The normalized spacial score (nSPS) is 17.2. The fraction of sp³-hybridized carbons (Fsp3) is 0.552. The molecule has 3 rings (SSSR count). The van der Waals surface area contributed by atoms with Gasteiger partial charge in [-0.1, -0.05) is 45.0 Å². The lowest BCUT2D eigenvalue weighted by molar-refractivity contribution is -0.192. The number of aromatic nitrogens is 1. The number of nitrogens with zero attached hydrogens (tertiary/aromatic N) is 2. The number of likely N-dealkylation sites (tertiary alicyclic amines) is 1. The third-order valence-corrected chi connectivity index (χ3v) is 7.67. The van der Waals surface area contributed by atoms with Crippen LogP contribution in [-0.4, -0.2) is 94.5 Å². The van der Waals surface area contributed by atoms with Gasteiger partial charge in [0.1, 0.15) is 12.1 Å². The van der Waals surface area contributed by atoms with E-state index in [1.54, 1.807) is 11.3 Å². The van der Waals surface area contributed by atoms with E-state index in [0.29, 0.717) is 13.2 Å². The second-order valence-electron chi connectivity index (χ2n) is 11.4. The molecule has 6 N–H and O–H groups in total. The number of alkyl halides is 3. The minimum absolute atomic E-state index is 0.0296. The predicted molar refractivity (Wildman–Crippen MR) is 160 cm³/mol. The number of amides is 3. The molecule has 1 aliphatic heterocycles. The maximum absolute atomic E-state index is 13.6. The number of aryl methyl sites for hydroxylation is 1. The number of rotatable bonds is 11. The van der Waals surface area contributed by atoms with E-state index in [1.165, 1.54) is 4.90 Å². The molecule has 1 saturated heterocycles. The first-order chi connectivity index (χ1) is 20.9. The number of thiazole rings is 1. The van der Waals surface area contributed by atoms with Crippen molar-refractivity contribution in [2.24, 2.45) is 11.1 Å². The van der Waals surface area contributed by atoms with Crippen molar-refractivity contribution in [3.05, 3.63) is 41.0 Å². The number of hydrogen-bond acceptors (Lipinski definition) is 9. The molecular weight excluding hydrogens is 619 g/mol. The quantitative estimate of drug-likeness (QED) is 0.226. The Morgan fingerprint density at radius 1 is 1.16 bits per heavy atom. The van der Waals surface area contributed by atoms with E-state index < -0.39 is 41.7 Å².